The maximum Gasteiger partial charge on any atom is 0.417 e. The Labute approximate surface area is 145 Å². The molecule has 2 heterocycles. The molecule has 0 saturated carbocycles. The van der Waals surface area contributed by atoms with E-state index in [9.17, 15) is 22.4 Å². The number of carboxylic acid groups (broad SMARTS) is 1. The van der Waals surface area contributed by atoms with E-state index in [4.69, 9.17) is 5.11 Å². The molecule has 3 rings (SSSR count). The van der Waals surface area contributed by atoms with Gasteiger partial charge in [-0.1, -0.05) is 12.1 Å². The van der Waals surface area contributed by atoms with Crippen LogP contribution in [0.15, 0.2) is 42.6 Å². The molecule has 136 valence electrons. The van der Waals surface area contributed by atoms with Crippen molar-refractivity contribution in [2.75, 3.05) is 0 Å². The average molecular weight is 366 g/mol. The van der Waals surface area contributed by atoms with Crippen LogP contribution in [0.1, 0.15) is 23.2 Å². The van der Waals surface area contributed by atoms with Crippen molar-refractivity contribution in [2.24, 2.45) is 0 Å². The number of nitrogens with zero attached hydrogens (tertiary/aromatic N) is 2. The van der Waals surface area contributed by atoms with E-state index < -0.39 is 23.5 Å². The molecule has 26 heavy (non-hydrogen) atoms. The fraction of sp³-hybridized carbons (Fsp3) is 0.222. The summed E-state index contributed by atoms with van der Waals surface area (Å²) in [5.74, 6) is -1.45. The van der Waals surface area contributed by atoms with Gasteiger partial charge in [0.25, 0.3) is 0 Å². The largest absolute Gasteiger partial charge is 0.481 e. The zero-order chi connectivity index (χ0) is 18.9. The first-order valence-electron chi connectivity index (χ1n) is 7.75. The van der Waals surface area contributed by atoms with E-state index in [0.29, 0.717) is 16.9 Å². The molecule has 0 spiro atoms. The normalized spacial score (nSPS) is 11.8. The second-order valence-electron chi connectivity index (χ2n) is 5.88. The van der Waals surface area contributed by atoms with Gasteiger partial charge in [0.15, 0.2) is 0 Å². The van der Waals surface area contributed by atoms with Crippen molar-refractivity contribution >= 4 is 17.0 Å². The highest BCUT2D eigenvalue weighted by atomic mass is 19.4. The molecule has 0 saturated heterocycles. The number of aliphatic carboxylic acids is 1. The molecule has 1 aromatic carbocycles. The number of aromatic nitrogens is 2. The van der Waals surface area contributed by atoms with Crippen LogP contribution in [-0.2, 0) is 23.9 Å². The first-order valence-corrected chi connectivity index (χ1v) is 7.75. The SMILES string of the molecule is O=C(O)CCc1cc2cc(C(F)(F)F)cnc2n1Cc1cccc(F)c1. The molecule has 0 radical (unpaired) electrons. The summed E-state index contributed by atoms with van der Waals surface area (Å²) >= 11 is 0. The first-order chi connectivity index (χ1) is 12.2. The van der Waals surface area contributed by atoms with Crippen molar-refractivity contribution in [1.82, 2.24) is 9.55 Å². The van der Waals surface area contributed by atoms with Gasteiger partial charge in [-0.25, -0.2) is 9.37 Å². The van der Waals surface area contributed by atoms with Crippen LogP contribution in [0.4, 0.5) is 17.6 Å². The number of carbonyl (C=O) groups is 1. The van der Waals surface area contributed by atoms with E-state index >= 15 is 0 Å². The molecule has 3 aromatic rings. The third-order valence-corrected chi connectivity index (χ3v) is 3.97. The van der Waals surface area contributed by atoms with Gasteiger partial charge in [-0.2, -0.15) is 13.2 Å². The number of hydrogen-bond acceptors (Lipinski definition) is 2. The number of aryl methyl sites for hydroxylation is 1. The summed E-state index contributed by atoms with van der Waals surface area (Å²) in [6.45, 7) is 0.175. The van der Waals surface area contributed by atoms with Crippen LogP contribution in [0, 0.1) is 5.82 Å². The lowest BCUT2D eigenvalue weighted by atomic mass is 10.2. The third-order valence-electron chi connectivity index (χ3n) is 3.97. The van der Waals surface area contributed by atoms with E-state index in [1.807, 2.05) is 0 Å². The Morgan fingerprint density at radius 2 is 1.96 bits per heavy atom. The highest BCUT2D eigenvalue weighted by molar-refractivity contribution is 5.78. The number of rotatable bonds is 5. The van der Waals surface area contributed by atoms with Crippen molar-refractivity contribution in [3.63, 3.8) is 0 Å². The molecule has 1 N–H and O–H groups in total. The molecule has 0 amide bonds. The smallest absolute Gasteiger partial charge is 0.417 e. The predicted octanol–water partition coefficient (Wildman–Crippen LogP) is 4.26. The quantitative estimate of drug-likeness (QED) is 0.687. The molecule has 0 aliphatic rings. The van der Waals surface area contributed by atoms with Crippen LogP contribution in [-0.4, -0.2) is 20.6 Å². The van der Waals surface area contributed by atoms with Gasteiger partial charge in [0, 0.05) is 23.8 Å². The number of hydrogen-bond donors (Lipinski definition) is 1. The van der Waals surface area contributed by atoms with Crippen LogP contribution < -0.4 is 0 Å². The van der Waals surface area contributed by atoms with E-state index in [1.54, 1.807) is 10.6 Å². The van der Waals surface area contributed by atoms with Crippen molar-refractivity contribution in [1.29, 1.82) is 0 Å². The minimum atomic E-state index is -4.52. The molecule has 4 nitrogen and oxygen atoms in total. The summed E-state index contributed by atoms with van der Waals surface area (Å²) < 4.78 is 53.7. The Hall–Kier alpha value is -2.90. The van der Waals surface area contributed by atoms with Gasteiger partial charge in [-0.3, -0.25) is 4.79 Å². The Balaban J connectivity index is 2.07. The fourth-order valence-corrected chi connectivity index (χ4v) is 2.79. The van der Waals surface area contributed by atoms with Crippen LogP contribution >= 0.6 is 0 Å². The average Bonchev–Trinajstić information content (AvgIpc) is 2.89. The molecule has 0 aliphatic heterocycles. The predicted molar refractivity (Wildman–Crippen MR) is 86.2 cm³/mol. The Morgan fingerprint density at radius 1 is 1.19 bits per heavy atom. The zero-order valence-electron chi connectivity index (χ0n) is 13.4. The van der Waals surface area contributed by atoms with Crippen LogP contribution in [0.5, 0.6) is 0 Å². The molecule has 0 fully saturated rings. The minimum Gasteiger partial charge on any atom is -0.481 e. The number of carboxylic acids is 1. The van der Waals surface area contributed by atoms with Gasteiger partial charge in [-0.05, 0) is 36.2 Å². The summed E-state index contributed by atoms with van der Waals surface area (Å²) in [7, 11) is 0. The highest BCUT2D eigenvalue weighted by Gasteiger charge is 2.31. The molecule has 0 aliphatic carbocycles. The van der Waals surface area contributed by atoms with Crippen LogP contribution in [0.3, 0.4) is 0 Å². The minimum absolute atomic E-state index is 0.127. The maximum atomic E-state index is 13.4. The molecule has 0 atom stereocenters. The van der Waals surface area contributed by atoms with Crippen LogP contribution in [0.25, 0.3) is 11.0 Å². The molecule has 8 heteroatoms. The summed E-state index contributed by atoms with van der Waals surface area (Å²) in [5, 5.41) is 9.15. The topological polar surface area (TPSA) is 55.1 Å². The van der Waals surface area contributed by atoms with E-state index in [-0.39, 0.29) is 24.8 Å². The molecule has 0 bridgehead atoms. The maximum absolute atomic E-state index is 13.4. The number of fused-ring (bicyclic) bond motifs is 1. The molecule has 0 unspecified atom stereocenters. The van der Waals surface area contributed by atoms with E-state index in [2.05, 4.69) is 4.98 Å². The van der Waals surface area contributed by atoms with Gasteiger partial charge in [-0.15, -0.1) is 0 Å². The highest BCUT2D eigenvalue weighted by Crippen LogP contribution is 2.31. The number of alkyl halides is 3. The lowest BCUT2D eigenvalue weighted by Crippen LogP contribution is -2.08. The lowest BCUT2D eigenvalue weighted by Gasteiger charge is -2.11. The van der Waals surface area contributed by atoms with E-state index in [1.165, 1.54) is 24.3 Å². The van der Waals surface area contributed by atoms with Gasteiger partial charge in [0.2, 0.25) is 0 Å². The van der Waals surface area contributed by atoms with Gasteiger partial charge in [0.05, 0.1) is 12.0 Å². The van der Waals surface area contributed by atoms with Crippen molar-refractivity contribution in [2.45, 2.75) is 25.6 Å². The summed E-state index contributed by atoms with van der Waals surface area (Å²) in [6, 6.07) is 8.30. The van der Waals surface area contributed by atoms with E-state index in [0.717, 1.165) is 12.3 Å². The van der Waals surface area contributed by atoms with Gasteiger partial charge in [0.1, 0.15) is 11.5 Å². The van der Waals surface area contributed by atoms with Gasteiger partial charge < -0.3 is 9.67 Å². The lowest BCUT2D eigenvalue weighted by molar-refractivity contribution is -0.138. The number of benzene rings is 1. The number of halogens is 4. The monoisotopic (exact) mass is 366 g/mol. The first kappa shape index (κ1) is 17.9. The van der Waals surface area contributed by atoms with Gasteiger partial charge >= 0.3 is 12.1 Å². The summed E-state index contributed by atoms with van der Waals surface area (Å²) in [5.41, 5.74) is 0.541. The Bertz CT molecular complexity index is 963. The summed E-state index contributed by atoms with van der Waals surface area (Å²) in [6.07, 6.45) is -3.83. The summed E-state index contributed by atoms with van der Waals surface area (Å²) in [4.78, 5) is 14.8. The second kappa shape index (κ2) is 6.78. The Kier molecular flexibility index (Phi) is 4.67. The Morgan fingerprint density at radius 3 is 2.62 bits per heavy atom. The molecular formula is C18H14F4N2O2. The van der Waals surface area contributed by atoms with Crippen molar-refractivity contribution in [3.8, 4) is 0 Å². The fourth-order valence-electron chi connectivity index (χ4n) is 2.79. The molecular weight excluding hydrogens is 352 g/mol. The van der Waals surface area contributed by atoms with Crippen molar-refractivity contribution < 1.29 is 27.5 Å². The zero-order valence-corrected chi connectivity index (χ0v) is 13.4. The molecule has 2 aromatic heterocycles. The van der Waals surface area contributed by atoms with Crippen LogP contribution in [0.2, 0.25) is 0 Å². The third kappa shape index (κ3) is 3.84. The standard InChI is InChI=1S/C18H14F4N2O2/c19-14-3-1-2-11(6-14)10-24-15(4-5-16(25)26)8-12-7-13(18(20,21)22)9-23-17(12)24/h1-3,6-9H,4-5,10H2,(H,25,26). The number of pyridine rings is 1. The van der Waals surface area contributed by atoms with Crippen molar-refractivity contribution in [3.05, 3.63) is 65.2 Å². The second-order valence-corrected chi connectivity index (χ2v) is 5.88.